The van der Waals surface area contributed by atoms with Gasteiger partial charge in [0.2, 0.25) is 11.7 Å². The molecule has 3 rings (SSSR count). The highest BCUT2D eigenvalue weighted by Crippen LogP contribution is 2.37. The van der Waals surface area contributed by atoms with E-state index in [0.29, 0.717) is 23.2 Å². The first-order valence-electron chi connectivity index (χ1n) is 6.69. The van der Waals surface area contributed by atoms with Crippen LogP contribution in [-0.4, -0.2) is 16.6 Å². The van der Waals surface area contributed by atoms with E-state index in [4.69, 9.17) is 0 Å². The molecule has 0 bridgehead atoms. The number of benzene rings is 2. The maximum Gasteiger partial charge on any atom is 0.281 e. The summed E-state index contributed by atoms with van der Waals surface area (Å²) in [5.41, 5.74) is 2.03. The highest BCUT2D eigenvalue weighted by atomic mass is 16.6. The monoisotopic (exact) mass is 296 g/mol. The molecule has 2 aromatic carbocycles. The van der Waals surface area contributed by atoms with Crippen molar-refractivity contribution in [1.29, 1.82) is 0 Å². The van der Waals surface area contributed by atoms with Crippen molar-refractivity contribution in [3.8, 4) is 0 Å². The Morgan fingerprint density at radius 2 is 1.95 bits per heavy atom. The maximum absolute atomic E-state index is 12.7. The van der Waals surface area contributed by atoms with Gasteiger partial charge in [0.1, 0.15) is 5.56 Å². The normalized spacial score (nSPS) is 12.3. The van der Waals surface area contributed by atoms with Crippen molar-refractivity contribution in [2.24, 2.45) is 0 Å². The second-order valence-electron chi connectivity index (χ2n) is 5.09. The molecule has 0 radical (unpaired) electrons. The third-order valence-corrected chi connectivity index (χ3v) is 3.65. The van der Waals surface area contributed by atoms with Gasteiger partial charge in [0.15, 0.2) is 0 Å². The Balaban J connectivity index is 2.26. The standard InChI is InChI=1S/C16H12N2O4/c1-9(19)17-13-6-7-14(18(21)22)15-12(13)8-10-4-2-3-5-11(10)16(15)20/h2-7H,8H2,1H3,(H,17,19). The molecule has 110 valence electrons. The largest absolute Gasteiger partial charge is 0.326 e. The molecule has 0 saturated heterocycles. The number of anilines is 1. The third-order valence-electron chi connectivity index (χ3n) is 3.65. The Morgan fingerprint density at radius 1 is 1.23 bits per heavy atom. The van der Waals surface area contributed by atoms with E-state index in [2.05, 4.69) is 5.32 Å². The molecule has 0 atom stereocenters. The number of amides is 1. The predicted octanol–water partition coefficient (Wildman–Crippen LogP) is 2.69. The van der Waals surface area contributed by atoms with E-state index < -0.39 is 4.92 Å². The number of nitro benzene ring substituents is 1. The number of carbonyl (C=O) groups is 2. The Labute approximate surface area is 125 Å². The fourth-order valence-corrected chi connectivity index (χ4v) is 2.75. The number of rotatable bonds is 2. The van der Waals surface area contributed by atoms with Crippen molar-refractivity contribution in [2.45, 2.75) is 13.3 Å². The fraction of sp³-hybridized carbons (Fsp3) is 0.125. The number of hydrogen-bond donors (Lipinski definition) is 1. The van der Waals surface area contributed by atoms with Crippen molar-refractivity contribution >= 4 is 23.1 Å². The fourth-order valence-electron chi connectivity index (χ4n) is 2.75. The number of fused-ring (bicyclic) bond motifs is 2. The molecule has 0 saturated carbocycles. The molecular formula is C16H12N2O4. The molecular weight excluding hydrogens is 284 g/mol. The summed E-state index contributed by atoms with van der Waals surface area (Å²) in [4.78, 5) is 34.6. The first-order valence-corrected chi connectivity index (χ1v) is 6.69. The molecule has 1 aliphatic rings. The van der Waals surface area contributed by atoms with Gasteiger partial charge in [0.25, 0.3) is 5.69 Å². The zero-order valence-corrected chi connectivity index (χ0v) is 11.8. The van der Waals surface area contributed by atoms with Crippen LogP contribution in [0.5, 0.6) is 0 Å². The molecule has 0 fully saturated rings. The first-order chi connectivity index (χ1) is 10.5. The molecule has 6 nitrogen and oxygen atoms in total. The summed E-state index contributed by atoms with van der Waals surface area (Å²) in [5.74, 6) is -0.668. The first kappa shape index (κ1) is 13.9. The van der Waals surface area contributed by atoms with E-state index in [9.17, 15) is 19.7 Å². The summed E-state index contributed by atoms with van der Waals surface area (Å²) in [6.45, 7) is 1.35. The van der Waals surface area contributed by atoms with Crippen LogP contribution in [0.15, 0.2) is 36.4 Å². The second kappa shape index (κ2) is 5.07. The van der Waals surface area contributed by atoms with E-state index in [1.54, 1.807) is 12.1 Å². The average Bonchev–Trinajstić information content (AvgIpc) is 2.47. The summed E-state index contributed by atoms with van der Waals surface area (Å²) in [7, 11) is 0. The van der Waals surface area contributed by atoms with E-state index in [-0.39, 0.29) is 22.9 Å². The number of hydrogen-bond acceptors (Lipinski definition) is 4. The molecule has 0 aliphatic heterocycles. The summed E-state index contributed by atoms with van der Waals surface area (Å²) < 4.78 is 0. The highest BCUT2D eigenvalue weighted by Gasteiger charge is 2.32. The molecule has 0 unspecified atom stereocenters. The van der Waals surface area contributed by atoms with Gasteiger partial charge in [0, 0.05) is 30.7 Å². The van der Waals surface area contributed by atoms with Gasteiger partial charge < -0.3 is 5.32 Å². The van der Waals surface area contributed by atoms with Crippen LogP contribution in [0.1, 0.15) is 34.0 Å². The summed E-state index contributed by atoms with van der Waals surface area (Å²) in [5, 5.41) is 13.9. The van der Waals surface area contributed by atoms with Crippen LogP contribution >= 0.6 is 0 Å². The van der Waals surface area contributed by atoms with Crippen LogP contribution in [-0.2, 0) is 11.2 Å². The lowest BCUT2D eigenvalue weighted by Crippen LogP contribution is -2.20. The van der Waals surface area contributed by atoms with Crippen molar-refractivity contribution < 1.29 is 14.5 Å². The number of ketones is 1. The summed E-state index contributed by atoms with van der Waals surface area (Å²) in [6.07, 6.45) is 0.370. The Hall–Kier alpha value is -3.02. The lowest BCUT2D eigenvalue weighted by molar-refractivity contribution is -0.385. The van der Waals surface area contributed by atoms with Gasteiger partial charge in [-0.05, 0) is 17.2 Å². The van der Waals surface area contributed by atoms with Gasteiger partial charge in [-0.3, -0.25) is 19.7 Å². The molecule has 0 spiro atoms. The lowest BCUT2D eigenvalue weighted by Gasteiger charge is -2.21. The van der Waals surface area contributed by atoms with Crippen molar-refractivity contribution in [3.05, 3.63) is 68.8 Å². The van der Waals surface area contributed by atoms with Crippen LogP contribution in [0.2, 0.25) is 0 Å². The zero-order chi connectivity index (χ0) is 15.9. The molecule has 2 aromatic rings. The minimum Gasteiger partial charge on any atom is -0.326 e. The Kier molecular flexibility index (Phi) is 3.21. The number of nitro groups is 1. The van der Waals surface area contributed by atoms with Crippen LogP contribution in [0.4, 0.5) is 11.4 Å². The maximum atomic E-state index is 12.7. The Morgan fingerprint density at radius 3 is 2.64 bits per heavy atom. The number of carbonyl (C=O) groups excluding carboxylic acids is 2. The zero-order valence-electron chi connectivity index (χ0n) is 11.8. The SMILES string of the molecule is CC(=O)Nc1ccc([N+](=O)[O-])c2c1Cc1ccccc1C2=O. The van der Waals surface area contributed by atoms with E-state index >= 15 is 0 Å². The van der Waals surface area contributed by atoms with Gasteiger partial charge >= 0.3 is 0 Å². The van der Waals surface area contributed by atoms with E-state index in [1.165, 1.54) is 19.1 Å². The summed E-state index contributed by atoms with van der Waals surface area (Å²) in [6, 6.07) is 9.75. The van der Waals surface area contributed by atoms with Crippen LogP contribution in [0.3, 0.4) is 0 Å². The number of nitrogens with zero attached hydrogens (tertiary/aromatic N) is 1. The molecule has 0 heterocycles. The van der Waals surface area contributed by atoms with Crippen LogP contribution < -0.4 is 5.32 Å². The molecule has 22 heavy (non-hydrogen) atoms. The van der Waals surface area contributed by atoms with Crippen molar-refractivity contribution in [1.82, 2.24) is 0 Å². The van der Waals surface area contributed by atoms with Crippen LogP contribution in [0.25, 0.3) is 0 Å². The van der Waals surface area contributed by atoms with Crippen LogP contribution in [0, 0.1) is 10.1 Å². The van der Waals surface area contributed by atoms with Crippen molar-refractivity contribution in [2.75, 3.05) is 5.32 Å². The minimum absolute atomic E-state index is 0.0648. The smallest absolute Gasteiger partial charge is 0.281 e. The lowest BCUT2D eigenvalue weighted by atomic mass is 9.83. The van der Waals surface area contributed by atoms with Gasteiger partial charge in [-0.1, -0.05) is 24.3 Å². The average molecular weight is 296 g/mol. The quantitative estimate of drug-likeness (QED) is 0.581. The van der Waals surface area contributed by atoms with Gasteiger partial charge in [-0.2, -0.15) is 0 Å². The van der Waals surface area contributed by atoms with Gasteiger partial charge in [0.05, 0.1) is 4.92 Å². The Bertz CT molecular complexity index is 827. The predicted molar refractivity (Wildman–Crippen MR) is 80.1 cm³/mol. The molecule has 6 heteroatoms. The number of nitrogens with one attached hydrogen (secondary N) is 1. The van der Waals surface area contributed by atoms with E-state index in [1.807, 2.05) is 12.1 Å². The topological polar surface area (TPSA) is 89.3 Å². The van der Waals surface area contributed by atoms with Gasteiger partial charge in [-0.25, -0.2) is 0 Å². The summed E-state index contributed by atoms with van der Waals surface area (Å²) >= 11 is 0. The highest BCUT2D eigenvalue weighted by molar-refractivity contribution is 6.16. The third kappa shape index (κ3) is 2.14. The van der Waals surface area contributed by atoms with E-state index in [0.717, 1.165) is 5.56 Å². The molecule has 0 aromatic heterocycles. The molecule has 1 aliphatic carbocycles. The van der Waals surface area contributed by atoms with Crippen molar-refractivity contribution in [3.63, 3.8) is 0 Å². The minimum atomic E-state index is -0.567. The second-order valence-corrected chi connectivity index (χ2v) is 5.09. The molecule has 1 N–H and O–H groups in total. The van der Waals surface area contributed by atoms with Gasteiger partial charge in [-0.15, -0.1) is 0 Å². The molecule has 1 amide bonds.